The van der Waals surface area contributed by atoms with Gasteiger partial charge in [-0.1, -0.05) is 39.8 Å². The van der Waals surface area contributed by atoms with Crippen LogP contribution in [0.1, 0.15) is 25.3 Å². The number of alkyl halides is 3. The molecule has 0 spiro atoms. The topological polar surface area (TPSA) is 30.7 Å². The van der Waals surface area contributed by atoms with Crippen LogP contribution < -0.4 is 0 Å². The zero-order valence-corrected chi connectivity index (χ0v) is 13.9. The van der Waals surface area contributed by atoms with Crippen LogP contribution in [-0.2, 0) is 0 Å². The first-order valence-corrected chi connectivity index (χ1v) is 8.62. The quantitative estimate of drug-likeness (QED) is 0.665. The van der Waals surface area contributed by atoms with Gasteiger partial charge in [-0.3, -0.25) is 4.57 Å². The average Bonchev–Trinajstić information content (AvgIpc) is 3.20. The molecule has 0 aliphatic heterocycles. The molecule has 0 N–H and O–H groups in total. The predicted octanol–water partition coefficient (Wildman–Crippen LogP) is 5.09. The van der Waals surface area contributed by atoms with Gasteiger partial charge in [0.2, 0.25) is 0 Å². The number of hydrogen-bond donors (Lipinski definition) is 0. The van der Waals surface area contributed by atoms with Gasteiger partial charge in [0, 0.05) is 21.8 Å². The maximum atomic E-state index is 12.3. The van der Waals surface area contributed by atoms with E-state index in [4.69, 9.17) is 0 Å². The third-order valence-electron chi connectivity index (χ3n) is 3.30. The number of aromatic nitrogens is 3. The van der Waals surface area contributed by atoms with E-state index >= 15 is 0 Å². The summed E-state index contributed by atoms with van der Waals surface area (Å²) in [6.45, 7) is 0. The molecule has 1 aliphatic rings. The van der Waals surface area contributed by atoms with E-state index < -0.39 is 12.6 Å². The predicted molar refractivity (Wildman–Crippen MR) is 82.8 cm³/mol. The van der Waals surface area contributed by atoms with Crippen LogP contribution >= 0.6 is 27.7 Å². The van der Waals surface area contributed by atoms with Crippen LogP contribution in [0.2, 0.25) is 0 Å². The summed E-state index contributed by atoms with van der Waals surface area (Å²) in [5, 5.41) is 8.85. The van der Waals surface area contributed by atoms with Crippen molar-refractivity contribution >= 4 is 27.7 Å². The van der Waals surface area contributed by atoms with Gasteiger partial charge in [0.05, 0.1) is 6.42 Å². The summed E-state index contributed by atoms with van der Waals surface area (Å²) in [5.74, 6) is 0.693. The first kappa shape index (κ1) is 15.9. The van der Waals surface area contributed by atoms with E-state index in [9.17, 15) is 13.2 Å². The summed E-state index contributed by atoms with van der Waals surface area (Å²) in [4.78, 5) is 0. The lowest BCUT2D eigenvalue weighted by molar-refractivity contribution is -0.129. The van der Waals surface area contributed by atoms with Crippen LogP contribution in [0.4, 0.5) is 13.2 Å². The first-order valence-electron chi connectivity index (χ1n) is 6.84. The molecular formula is C14H13BrF3N3S. The third kappa shape index (κ3) is 3.84. The van der Waals surface area contributed by atoms with Crippen molar-refractivity contribution < 1.29 is 13.2 Å². The smallest absolute Gasteiger partial charge is 0.299 e. The Labute approximate surface area is 138 Å². The largest absolute Gasteiger partial charge is 0.389 e. The van der Waals surface area contributed by atoms with Gasteiger partial charge in [-0.25, -0.2) is 0 Å². The molecule has 118 valence electrons. The molecule has 1 aliphatic carbocycles. The molecule has 1 heterocycles. The molecule has 1 fully saturated rings. The van der Waals surface area contributed by atoms with Gasteiger partial charge in [-0.05, 0) is 25.0 Å². The molecule has 1 aromatic carbocycles. The second kappa shape index (κ2) is 6.23. The third-order valence-corrected chi connectivity index (χ3v) is 4.77. The van der Waals surface area contributed by atoms with Gasteiger partial charge < -0.3 is 0 Å². The van der Waals surface area contributed by atoms with E-state index in [2.05, 4.69) is 26.1 Å². The van der Waals surface area contributed by atoms with Crippen LogP contribution in [0.3, 0.4) is 0 Å². The number of halogens is 4. The number of rotatable bonds is 5. The molecule has 0 unspecified atom stereocenters. The van der Waals surface area contributed by atoms with E-state index in [0.29, 0.717) is 11.2 Å². The second-order valence-corrected chi connectivity index (χ2v) is 7.11. The van der Waals surface area contributed by atoms with Crippen LogP contribution in [0.25, 0.3) is 11.4 Å². The zero-order valence-electron chi connectivity index (χ0n) is 11.5. The maximum absolute atomic E-state index is 12.3. The molecule has 22 heavy (non-hydrogen) atoms. The SMILES string of the molecule is FC(F)(F)CCSc1nnc(-c2ccc(Br)cc2)n1C1CC1. The Morgan fingerprint density at radius 1 is 1.18 bits per heavy atom. The number of benzene rings is 1. The Morgan fingerprint density at radius 2 is 1.86 bits per heavy atom. The van der Waals surface area contributed by atoms with E-state index in [1.165, 1.54) is 0 Å². The van der Waals surface area contributed by atoms with Gasteiger partial charge in [-0.2, -0.15) is 13.2 Å². The molecule has 0 atom stereocenters. The van der Waals surface area contributed by atoms with E-state index in [-0.39, 0.29) is 5.75 Å². The maximum Gasteiger partial charge on any atom is 0.389 e. The monoisotopic (exact) mass is 391 g/mol. The zero-order chi connectivity index (χ0) is 15.7. The molecule has 3 rings (SSSR count). The summed E-state index contributed by atoms with van der Waals surface area (Å²) in [6.07, 6.45) is -2.91. The summed E-state index contributed by atoms with van der Waals surface area (Å²) in [5.41, 5.74) is 0.922. The normalized spacial score (nSPS) is 15.3. The Hall–Kier alpha value is -1.02. The van der Waals surface area contributed by atoms with Gasteiger partial charge in [0.25, 0.3) is 0 Å². The highest BCUT2D eigenvalue weighted by Crippen LogP contribution is 2.41. The Kier molecular flexibility index (Phi) is 4.49. The highest BCUT2D eigenvalue weighted by molar-refractivity contribution is 9.10. The van der Waals surface area contributed by atoms with Crippen LogP contribution in [-0.4, -0.2) is 26.7 Å². The molecule has 3 nitrogen and oxygen atoms in total. The van der Waals surface area contributed by atoms with Crippen LogP contribution in [0, 0.1) is 0 Å². The average molecular weight is 392 g/mol. The van der Waals surface area contributed by atoms with Crippen molar-refractivity contribution in [2.24, 2.45) is 0 Å². The fraction of sp³-hybridized carbons (Fsp3) is 0.429. The van der Waals surface area contributed by atoms with E-state index in [1.807, 2.05) is 28.8 Å². The Morgan fingerprint density at radius 3 is 2.45 bits per heavy atom. The van der Waals surface area contributed by atoms with Gasteiger partial charge >= 0.3 is 6.18 Å². The highest BCUT2D eigenvalue weighted by atomic mass is 79.9. The van der Waals surface area contributed by atoms with E-state index in [0.717, 1.165) is 40.5 Å². The Balaban J connectivity index is 1.81. The molecule has 2 aromatic rings. The second-order valence-electron chi connectivity index (χ2n) is 5.13. The van der Waals surface area contributed by atoms with Crippen molar-refractivity contribution in [3.05, 3.63) is 28.7 Å². The highest BCUT2D eigenvalue weighted by Gasteiger charge is 2.31. The minimum atomic E-state index is -4.13. The number of hydrogen-bond acceptors (Lipinski definition) is 3. The lowest BCUT2D eigenvalue weighted by Crippen LogP contribution is -2.08. The molecule has 8 heteroatoms. The van der Waals surface area contributed by atoms with Crippen molar-refractivity contribution in [2.75, 3.05) is 5.75 Å². The first-order chi connectivity index (χ1) is 10.4. The molecule has 1 saturated carbocycles. The Bertz CT molecular complexity index is 650. The minimum absolute atomic E-state index is 0.0330. The lowest BCUT2D eigenvalue weighted by atomic mass is 10.2. The van der Waals surface area contributed by atoms with Gasteiger partial charge in [0.1, 0.15) is 0 Å². The van der Waals surface area contributed by atoms with E-state index in [1.54, 1.807) is 0 Å². The fourth-order valence-electron chi connectivity index (χ4n) is 2.09. The van der Waals surface area contributed by atoms with Crippen molar-refractivity contribution in [3.63, 3.8) is 0 Å². The molecule has 0 saturated heterocycles. The standard InChI is InChI=1S/C14H13BrF3N3S/c15-10-3-1-9(2-4-10)12-19-20-13(21(12)11-5-6-11)22-8-7-14(16,17)18/h1-4,11H,5-8H2. The summed E-state index contributed by atoms with van der Waals surface area (Å²) in [7, 11) is 0. The summed E-state index contributed by atoms with van der Waals surface area (Å²) < 4.78 is 39.8. The summed E-state index contributed by atoms with van der Waals surface area (Å²) >= 11 is 4.50. The van der Waals surface area contributed by atoms with Gasteiger partial charge in [-0.15, -0.1) is 10.2 Å². The van der Waals surface area contributed by atoms with Crippen molar-refractivity contribution in [2.45, 2.75) is 36.6 Å². The van der Waals surface area contributed by atoms with Crippen molar-refractivity contribution in [3.8, 4) is 11.4 Å². The number of nitrogens with zero attached hydrogens (tertiary/aromatic N) is 3. The van der Waals surface area contributed by atoms with Crippen molar-refractivity contribution in [1.29, 1.82) is 0 Å². The molecular weight excluding hydrogens is 379 g/mol. The number of thioether (sulfide) groups is 1. The molecule has 0 radical (unpaired) electrons. The van der Waals surface area contributed by atoms with Gasteiger partial charge in [0.15, 0.2) is 11.0 Å². The molecule has 0 bridgehead atoms. The van der Waals surface area contributed by atoms with Crippen LogP contribution in [0.15, 0.2) is 33.9 Å². The van der Waals surface area contributed by atoms with Crippen LogP contribution in [0.5, 0.6) is 0 Å². The molecule has 1 aromatic heterocycles. The molecule has 0 amide bonds. The summed E-state index contributed by atoms with van der Waals surface area (Å²) in [6, 6.07) is 7.99. The lowest BCUT2D eigenvalue weighted by Gasteiger charge is -2.09. The van der Waals surface area contributed by atoms with Crippen molar-refractivity contribution in [1.82, 2.24) is 14.8 Å². The minimum Gasteiger partial charge on any atom is -0.299 e. The fourth-order valence-corrected chi connectivity index (χ4v) is 3.34.